The van der Waals surface area contributed by atoms with Gasteiger partial charge >= 0.3 is 0 Å². The van der Waals surface area contributed by atoms with Crippen molar-refractivity contribution in [3.8, 4) is 0 Å². The van der Waals surface area contributed by atoms with Crippen molar-refractivity contribution in [2.45, 2.75) is 18.9 Å². The maximum atomic E-state index is 5.79. The number of nitrogens with one attached hydrogen (secondary N) is 3. The third-order valence-electron chi connectivity index (χ3n) is 2.71. The second-order valence-electron chi connectivity index (χ2n) is 3.82. The molecular formula is C10H16ClN5. The molecule has 16 heavy (non-hydrogen) atoms. The zero-order valence-electron chi connectivity index (χ0n) is 9.26. The summed E-state index contributed by atoms with van der Waals surface area (Å²) >= 11 is 5.79. The van der Waals surface area contributed by atoms with Gasteiger partial charge in [-0.3, -0.25) is 0 Å². The van der Waals surface area contributed by atoms with Crippen molar-refractivity contribution >= 4 is 23.1 Å². The fourth-order valence-electron chi connectivity index (χ4n) is 1.81. The van der Waals surface area contributed by atoms with E-state index in [0.29, 0.717) is 6.04 Å². The molecule has 0 amide bonds. The molecule has 1 aromatic heterocycles. The van der Waals surface area contributed by atoms with Gasteiger partial charge in [-0.15, -0.1) is 0 Å². The number of piperidine rings is 1. The van der Waals surface area contributed by atoms with Crippen molar-refractivity contribution in [3.63, 3.8) is 0 Å². The molecular weight excluding hydrogens is 226 g/mol. The van der Waals surface area contributed by atoms with E-state index in [2.05, 4.69) is 25.9 Å². The lowest BCUT2D eigenvalue weighted by molar-refractivity contribution is 0.478. The van der Waals surface area contributed by atoms with E-state index in [0.717, 1.165) is 37.4 Å². The summed E-state index contributed by atoms with van der Waals surface area (Å²) in [5.74, 6) is 0.786. The molecule has 0 atom stereocenters. The first-order chi connectivity index (χ1) is 7.79. The molecule has 6 heteroatoms. The predicted octanol–water partition coefficient (Wildman–Crippen LogP) is 1.34. The van der Waals surface area contributed by atoms with Crippen LogP contribution in [0, 0.1) is 0 Å². The van der Waals surface area contributed by atoms with Crippen molar-refractivity contribution in [1.29, 1.82) is 0 Å². The van der Waals surface area contributed by atoms with E-state index in [9.17, 15) is 0 Å². The SMILES string of the molecule is CNc1cnc(Cl)nc1NC1CCNCC1. The van der Waals surface area contributed by atoms with Crippen molar-refractivity contribution in [2.24, 2.45) is 0 Å². The molecule has 5 nitrogen and oxygen atoms in total. The van der Waals surface area contributed by atoms with Gasteiger partial charge in [-0.05, 0) is 37.5 Å². The number of hydrogen-bond acceptors (Lipinski definition) is 5. The topological polar surface area (TPSA) is 61.9 Å². The molecule has 1 aliphatic rings. The Balaban J connectivity index is 2.09. The Morgan fingerprint density at radius 1 is 1.44 bits per heavy atom. The molecule has 0 unspecified atom stereocenters. The van der Waals surface area contributed by atoms with Crippen molar-refractivity contribution in [3.05, 3.63) is 11.5 Å². The number of aromatic nitrogens is 2. The highest BCUT2D eigenvalue weighted by Gasteiger charge is 2.15. The highest BCUT2D eigenvalue weighted by Crippen LogP contribution is 2.21. The van der Waals surface area contributed by atoms with Crippen LogP contribution in [0.4, 0.5) is 11.5 Å². The third-order valence-corrected chi connectivity index (χ3v) is 2.89. The standard InChI is InChI=1S/C10H16ClN5/c1-12-8-6-14-10(11)16-9(8)15-7-2-4-13-5-3-7/h6-7,12-13H,2-5H2,1H3,(H,14,15,16). The van der Waals surface area contributed by atoms with Gasteiger partial charge in [-0.2, -0.15) is 4.98 Å². The van der Waals surface area contributed by atoms with Crippen LogP contribution in [0.15, 0.2) is 6.20 Å². The van der Waals surface area contributed by atoms with Crippen LogP contribution in [0.5, 0.6) is 0 Å². The van der Waals surface area contributed by atoms with Crippen LogP contribution in [-0.4, -0.2) is 36.1 Å². The van der Waals surface area contributed by atoms with Gasteiger partial charge < -0.3 is 16.0 Å². The normalized spacial score (nSPS) is 17.1. The van der Waals surface area contributed by atoms with Crippen molar-refractivity contribution < 1.29 is 0 Å². The summed E-state index contributed by atoms with van der Waals surface area (Å²) in [5, 5.41) is 10.1. The highest BCUT2D eigenvalue weighted by atomic mass is 35.5. The minimum Gasteiger partial charge on any atom is -0.384 e. The molecule has 1 fully saturated rings. The molecule has 0 bridgehead atoms. The molecule has 2 rings (SSSR count). The van der Waals surface area contributed by atoms with Crippen LogP contribution in [-0.2, 0) is 0 Å². The van der Waals surface area contributed by atoms with Crippen LogP contribution in [0.3, 0.4) is 0 Å². The first-order valence-corrected chi connectivity index (χ1v) is 5.85. The van der Waals surface area contributed by atoms with Gasteiger partial charge in [0.15, 0.2) is 5.82 Å². The number of rotatable bonds is 3. The van der Waals surface area contributed by atoms with E-state index < -0.39 is 0 Å². The monoisotopic (exact) mass is 241 g/mol. The van der Waals surface area contributed by atoms with Gasteiger partial charge in [0.1, 0.15) is 0 Å². The van der Waals surface area contributed by atoms with Gasteiger partial charge in [-0.25, -0.2) is 4.98 Å². The van der Waals surface area contributed by atoms with Gasteiger partial charge in [0.25, 0.3) is 0 Å². The summed E-state index contributed by atoms with van der Waals surface area (Å²) in [6.45, 7) is 2.09. The molecule has 1 aliphatic heterocycles. The largest absolute Gasteiger partial charge is 0.384 e. The zero-order chi connectivity index (χ0) is 11.4. The van der Waals surface area contributed by atoms with E-state index in [1.165, 1.54) is 0 Å². The van der Waals surface area contributed by atoms with Crippen LogP contribution in [0.2, 0.25) is 5.28 Å². The van der Waals surface area contributed by atoms with Crippen LogP contribution in [0.1, 0.15) is 12.8 Å². The molecule has 88 valence electrons. The fourth-order valence-corrected chi connectivity index (χ4v) is 1.95. The first-order valence-electron chi connectivity index (χ1n) is 5.47. The Bertz CT molecular complexity index is 351. The average Bonchev–Trinajstić information content (AvgIpc) is 2.31. The van der Waals surface area contributed by atoms with Crippen LogP contribution < -0.4 is 16.0 Å². The number of anilines is 2. The summed E-state index contributed by atoms with van der Waals surface area (Å²) in [7, 11) is 1.85. The molecule has 0 aliphatic carbocycles. The second-order valence-corrected chi connectivity index (χ2v) is 4.16. The minimum atomic E-state index is 0.274. The first kappa shape index (κ1) is 11.4. The smallest absolute Gasteiger partial charge is 0.224 e. The Kier molecular flexibility index (Phi) is 3.79. The van der Waals surface area contributed by atoms with Gasteiger partial charge in [0.05, 0.1) is 11.9 Å². The summed E-state index contributed by atoms with van der Waals surface area (Å²) in [6, 6.07) is 0.458. The molecule has 0 aromatic carbocycles. The van der Waals surface area contributed by atoms with Crippen molar-refractivity contribution in [2.75, 3.05) is 30.8 Å². The lowest BCUT2D eigenvalue weighted by Gasteiger charge is -2.25. The van der Waals surface area contributed by atoms with Crippen LogP contribution in [0.25, 0.3) is 0 Å². The Morgan fingerprint density at radius 2 is 2.19 bits per heavy atom. The average molecular weight is 242 g/mol. The maximum Gasteiger partial charge on any atom is 0.224 e. The lowest BCUT2D eigenvalue weighted by atomic mass is 10.1. The van der Waals surface area contributed by atoms with E-state index in [-0.39, 0.29) is 5.28 Å². The fraction of sp³-hybridized carbons (Fsp3) is 0.600. The molecule has 0 spiro atoms. The molecule has 3 N–H and O–H groups in total. The van der Waals surface area contributed by atoms with E-state index in [4.69, 9.17) is 11.6 Å². The molecule has 0 saturated carbocycles. The second kappa shape index (κ2) is 5.32. The van der Waals surface area contributed by atoms with E-state index >= 15 is 0 Å². The number of nitrogens with zero attached hydrogens (tertiary/aromatic N) is 2. The Labute approximate surface area is 100 Å². The van der Waals surface area contributed by atoms with E-state index in [1.807, 2.05) is 7.05 Å². The predicted molar refractivity (Wildman–Crippen MR) is 66.1 cm³/mol. The number of halogens is 1. The van der Waals surface area contributed by atoms with Crippen molar-refractivity contribution in [1.82, 2.24) is 15.3 Å². The summed E-state index contributed by atoms with van der Waals surface area (Å²) < 4.78 is 0. The lowest BCUT2D eigenvalue weighted by Crippen LogP contribution is -2.35. The van der Waals surface area contributed by atoms with Crippen LogP contribution >= 0.6 is 11.6 Å². The third kappa shape index (κ3) is 2.74. The highest BCUT2D eigenvalue weighted by molar-refractivity contribution is 6.28. The molecule has 2 heterocycles. The molecule has 1 saturated heterocycles. The Morgan fingerprint density at radius 3 is 2.88 bits per heavy atom. The molecule has 0 radical (unpaired) electrons. The maximum absolute atomic E-state index is 5.79. The quantitative estimate of drug-likeness (QED) is 0.697. The summed E-state index contributed by atoms with van der Waals surface area (Å²) in [4.78, 5) is 8.14. The summed E-state index contributed by atoms with van der Waals surface area (Å²) in [5.41, 5.74) is 0.878. The minimum absolute atomic E-state index is 0.274. The molecule has 1 aromatic rings. The Hall–Kier alpha value is -1.07. The van der Waals surface area contributed by atoms with E-state index in [1.54, 1.807) is 6.20 Å². The van der Waals surface area contributed by atoms with Gasteiger partial charge in [0.2, 0.25) is 5.28 Å². The zero-order valence-corrected chi connectivity index (χ0v) is 10.0. The van der Waals surface area contributed by atoms with Gasteiger partial charge in [0, 0.05) is 13.1 Å². The summed E-state index contributed by atoms with van der Waals surface area (Å²) in [6.07, 6.45) is 3.90. The van der Waals surface area contributed by atoms with Gasteiger partial charge in [-0.1, -0.05) is 0 Å². The number of hydrogen-bond donors (Lipinski definition) is 3.